The second-order valence-electron chi connectivity index (χ2n) is 13.8. The number of aliphatic hydroxyl groups is 1. The van der Waals surface area contributed by atoms with E-state index in [-0.39, 0.29) is 11.4 Å². The Balaban J connectivity index is 2.08. The van der Waals surface area contributed by atoms with E-state index in [0.717, 1.165) is 38.5 Å². The normalized spacial score (nSPS) is 26.5. The van der Waals surface area contributed by atoms with Crippen LogP contribution in [-0.2, 0) is 19.1 Å². The summed E-state index contributed by atoms with van der Waals surface area (Å²) in [5.74, 6) is -6.55. The number of allylic oxidation sites excluding steroid dienone is 2. The fourth-order valence-corrected chi connectivity index (χ4v) is 7.67. The van der Waals surface area contributed by atoms with Crippen LogP contribution in [-0.4, -0.2) is 33.7 Å². The van der Waals surface area contributed by atoms with Crippen molar-refractivity contribution in [2.45, 2.75) is 175 Å². The number of ketones is 1. The Kier molecular flexibility index (Phi) is 17.6. The predicted molar refractivity (Wildman–Crippen MR) is 178 cm³/mol. The lowest BCUT2D eigenvalue weighted by Gasteiger charge is -2.44. The van der Waals surface area contributed by atoms with Crippen LogP contribution in [0.15, 0.2) is 23.8 Å². The Hall–Kier alpha value is -1.95. The minimum Gasteiger partial charge on any atom is -0.478 e. The Bertz CT molecular complexity index is 934. The van der Waals surface area contributed by atoms with E-state index >= 15 is 0 Å². The molecule has 2 N–H and O–H groups in total. The summed E-state index contributed by atoms with van der Waals surface area (Å²) >= 11 is 0. The fourth-order valence-electron chi connectivity index (χ4n) is 7.67. The third kappa shape index (κ3) is 11.1. The van der Waals surface area contributed by atoms with E-state index in [1.807, 2.05) is 12.2 Å². The summed E-state index contributed by atoms with van der Waals surface area (Å²) in [6, 6.07) is 0. The zero-order valence-electron chi connectivity index (χ0n) is 28.5. The van der Waals surface area contributed by atoms with Gasteiger partial charge in [0, 0.05) is 12.5 Å². The van der Waals surface area contributed by atoms with E-state index in [1.165, 1.54) is 110 Å². The minimum atomic E-state index is -1.93. The molecular weight excluding hydrogens is 552 g/mol. The van der Waals surface area contributed by atoms with E-state index in [0.29, 0.717) is 6.42 Å². The number of ether oxygens (including phenoxy) is 1. The quantitative estimate of drug-likeness (QED) is 0.0601. The Morgan fingerprint density at radius 1 is 0.795 bits per heavy atom. The summed E-state index contributed by atoms with van der Waals surface area (Å²) in [4.78, 5) is 39.0. The molecule has 1 unspecified atom stereocenters. The van der Waals surface area contributed by atoms with Gasteiger partial charge in [-0.15, -0.1) is 0 Å². The van der Waals surface area contributed by atoms with Gasteiger partial charge in [0.05, 0.1) is 11.8 Å². The van der Waals surface area contributed by atoms with E-state index in [9.17, 15) is 24.6 Å². The molecule has 0 bridgehead atoms. The highest BCUT2D eigenvalue weighted by Crippen LogP contribution is 2.60. The first kappa shape index (κ1) is 38.2. The average Bonchev–Trinajstić information content (AvgIpc) is 3.18. The Labute approximate surface area is 268 Å². The van der Waals surface area contributed by atoms with Crippen molar-refractivity contribution in [1.29, 1.82) is 0 Å². The number of carbonyl (C=O) groups excluding carboxylic acids is 2. The lowest BCUT2D eigenvalue weighted by atomic mass is 9.54. The van der Waals surface area contributed by atoms with Crippen LogP contribution >= 0.6 is 0 Å². The van der Waals surface area contributed by atoms with Gasteiger partial charge in [0.1, 0.15) is 11.2 Å². The molecule has 1 heterocycles. The Morgan fingerprint density at radius 3 is 1.70 bits per heavy atom. The van der Waals surface area contributed by atoms with Crippen molar-refractivity contribution in [3.05, 3.63) is 23.8 Å². The number of esters is 1. The van der Waals surface area contributed by atoms with Gasteiger partial charge in [-0.3, -0.25) is 9.59 Å². The fraction of sp³-hybridized carbons (Fsp3) is 0.816. The predicted octanol–water partition coefficient (Wildman–Crippen LogP) is 9.88. The van der Waals surface area contributed by atoms with Crippen molar-refractivity contribution in [1.82, 2.24) is 0 Å². The summed E-state index contributed by atoms with van der Waals surface area (Å²) < 4.78 is 5.58. The first-order valence-electron chi connectivity index (χ1n) is 18.2. The van der Waals surface area contributed by atoms with Crippen molar-refractivity contribution < 1.29 is 29.3 Å². The number of unbranched alkanes of at least 4 members (excludes halogenated alkanes) is 19. The number of cyclic esters (lactones) is 1. The smallest absolute Gasteiger partial charge is 0.332 e. The topological polar surface area (TPSA) is 101 Å². The van der Waals surface area contributed by atoms with Gasteiger partial charge in [-0.05, 0) is 32.1 Å². The van der Waals surface area contributed by atoms with Gasteiger partial charge in [0.25, 0.3) is 0 Å². The highest BCUT2D eigenvalue weighted by molar-refractivity contribution is 5.99. The van der Waals surface area contributed by atoms with Crippen LogP contribution in [0.2, 0.25) is 0 Å². The molecule has 252 valence electrons. The third-order valence-electron chi connectivity index (χ3n) is 10.1. The van der Waals surface area contributed by atoms with Crippen LogP contribution in [0.5, 0.6) is 0 Å². The van der Waals surface area contributed by atoms with Crippen molar-refractivity contribution in [3.8, 4) is 0 Å². The molecule has 0 amide bonds. The van der Waals surface area contributed by atoms with Crippen molar-refractivity contribution in [2.24, 2.45) is 23.2 Å². The molecule has 1 aliphatic carbocycles. The molecule has 0 aromatic heterocycles. The number of Topliss-reactive ketones (excluding diaryl/α,β-unsaturated/α-hetero) is 1. The van der Waals surface area contributed by atoms with Crippen LogP contribution in [0, 0.1) is 23.2 Å². The molecule has 2 rings (SSSR count). The summed E-state index contributed by atoms with van der Waals surface area (Å²) in [5, 5.41) is 21.5. The van der Waals surface area contributed by atoms with Crippen LogP contribution in [0.3, 0.4) is 0 Å². The standard InChI is InChI=1S/C38H64O6/c1-5-7-9-11-13-15-17-18-20-22-24-26-28-38-31(27-25-23-21-19-16-14-12-10-8-6-2)29-32(35(40)41)33(30(3)39)34(38)37(4,43)44-36(38)42/h26,28-29,31,33-34,43H,5-25,27H2,1-4H3,(H,40,41)/b28-26+/t31-,33+,34+,37?,38+/m0/s1. The molecule has 6 nitrogen and oxygen atoms in total. The highest BCUT2D eigenvalue weighted by atomic mass is 16.7. The molecule has 0 spiro atoms. The number of carbonyl (C=O) groups is 3. The second-order valence-corrected chi connectivity index (χ2v) is 13.8. The van der Waals surface area contributed by atoms with Gasteiger partial charge < -0.3 is 14.9 Å². The molecule has 0 radical (unpaired) electrons. The molecule has 44 heavy (non-hydrogen) atoms. The lowest BCUT2D eigenvalue weighted by Crippen LogP contribution is -2.52. The lowest BCUT2D eigenvalue weighted by molar-refractivity contribution is -0.197. The van der Waals surface area contributed by atoms with Crippen LogP contribution in [0.1, 0.15) is 169 Å². The number of rotatable bonds is 25. The average molecular weight is 617 g/mol. The molecule has 0 aromatic rings. The van der Waals surface area contributed by atoms with Gasteiger partial charge in [0.15, 0.2) is 0 Å². The van der Waals surface area contributed by atoms with Crippen molar-refractivity contribution in [2.75, 3.05) is 0 Å². The molecular formula is C38H64O6. The Morgan fingerprint density at radius 2 is 1.25 bits per heavy atom. The maximum atomic E-state index is 13.7. The zero-order chi connectivity index (χ0) is 32.4. The SMILES string of the molecule is CCCCCCCCCCCC/C=C/[C@]12C(=O)OC(C)(O)[C@H]1[C@H](C(C)=O)C(C(=O)O)=C[C@@H]2CCCCCCCCCCCC. The summed E-state index contributed by atoms with van der Waals surface area (Å²) in [6.07, 6.45) is 31.3. The van der Waals surface area contributed by atoms with Crippen molar-refractivity contribution >= 4 is 17.7 Å². The molecule has 1 aliphatic heterocycles. The first-order chi connectivity index (χ1) is 21.1. The molecule has 1 fully saturated rings. The molecule has 6 heteroatoms. The largest absolute Gasteiger partial charge is 0.478 e. The third-order valence-corrected chi connectivity index (χ3v) is 10.1. The van der Waals surface area contributed by atoms with Gasteiger partial charge in [-0.1, -0.05) is 154 Å². The summed E-state index contributed by atoms with van der Waals surface area (Å²) in [5.41, 5.74) is -1.27. The minimum absolute atomic E-state index is 0.0168. The van der Waals surface area contributed by atoms with E-state index in [1.54, 1.807) is 6.08 Å². The number of aliphatic carboxylic acids is 1. The maximum Gasteiger partial charge on any atom is 0.332 e. The number of hydrogen-bond donors (Lipinski definition) is 2. The monoisotopic (exact) mass is 616 g/mol. The van der Waals surface area contributed by atoms with Crippen LogP contribution < -0.4 is 0 Å². The van der Waals surface area contributed by atoms with E-state index in [2.05, 4.69) is 13.8 Å². The zero-order valence-corrected chi connectivity index (χ0v) is 28.5. The first-order valence-corrected chi connectivity index (χ1v) is 18.2. The second kappa shape index (κ2) is 20.2. The highest BCUT2D eigenvalue weighted by Gasteiger charge is 2.69. The molecule has 1 saturated heterocycles. The van der Waals surface area contributed by atoms with Crippen LogP contribution in [0.25, 0.3) is 0 Å². The van der Waals surface area contributed by atoms with E-state index in [4.69, 9.17) is 4.74 Å². The molecule has 0 aromatic carbocycles. The number of carboxylic acid groups (broad SMARTS) is 1. The molecule has 5 atom stereocenters. The maximum absolute atomic E-state index is 13.7. The summed E-state index contributed by atoms with van der Waals surface area (Å²) in [7, 11) is 0. The van der Waals surface area contributed by atoms with Gasteiger partial charge in [0.2, 0.25) is 5.79 Å². The summed E-state index contributed by atoms with van der Waals surface area (Å²) in [6.45, 7) is 7.23. The van der Waals surface area contributed by atoms with E-state index < -0.39 is 40.9 Å². The number of carboxylic acids is 1. The molecule has 0 saturated carbocycles. The number of hydrogen-bond acceptors (Lipinski definition) is 5. The number of fused-ring (bicyclic) bond motifs is 1. The van der Waals surface area contributed by atoms with Gasteiger partial charge >= 0.3 is 11.9 Å². The van der Waals surface area contributed by atoms with Crippen molar-refractivity contribution in [3.63, 3.8) is 0 Å². The van der Waals surface area contributed by atoms with Gasteiger partial charge in [-0.25, -0.2) is 4.79 Å². The molecule has 2 aliphatic rings. The van der Waals surface area contributed by atoms with Gasteiger partial charge in [-0.2, -0.15) is 0 Å². The van der Waals surface area contributed by atoms with Crippen LogP contribution in [0.4, 0.5) is 0 Å².